The van der Waals surface area contributed by atoms with Gasteiger partial charge in [0, 0.05) is 13.1 Å². The molecule has 0 fully saturated rings. The molecule has 0 unspecified atom stereocenters. The van der Waals surface area contributed by atoms with Crippen molar-refractivity contribution in [2.45, 2.75) is 11.8 Å². The average molecular weight is 341 g/mol. The molecule has 1 N–H and O–H groups in total. The summed E-state index contributed by atoms with van der Waals surface area (Å²) in [5, 5.41) is 9.07. The highest BCUT2D eigenvalue weighted by Crippen LogP contribution is 2.26. The molecular weight excluding hydrogens is 328 g/mol. The largest absolute Gasteiger partial charge is 0.478 e. The van der Waals surface area contributed by atoms with Crippen molar-refractivity contribution in [3.63, 3.8) is 0 Å². The van der Waals surface area contributed by atoms with Crippen molar-refractivity contribution in [3.05, 3.63) is 59.2 Å². The van der Waals surface area contributed by atoms with Crippen LogP contribution in [0.2, 0.25) is 0 Å². The van der Waals surface area contributed by atoms with E-state index in [0.717, 1.165) is 31.3 Å². The number of aromatic carboxylic acids is 1. The van der Waals surface area contributed by atoms with Crippen molar-refractivity contribution in [2.75, 3.05) is 11.4 Å². The first-order valence-corrected chi connectivity index (χ1v) is 7.86. The van der Waals surface area contributed by atoms with Gasteiger partial charge in [0.05, 0.1) is 16.1 Å². The lowest BCUT2D eigenvalue weighted by atomic mass is 10.1. The first-order valence-electron chi connectivity index (χ1n) is 6.42. The van der Waals surface area contributed by atoms with Crippen LogP contribution >= 0.6 is 0 Å². The van der Waals surface area contributed by atoms with Crippen LogP contribution in [0.15, 0.2) is 41.3 Å². The third-order valence-electron chi connectivity index (χ3n) is 3.35. The summed E-state index contributed by atoms with van der Waals surface area (Å²) in [4.78, 5) is 10.8. The Morgan fingerprint density at radius 1 is 1.13 bits per heavy atom. The fourth-order valence-electron chi connectivity index (χ4n) is 2.01. The Bertz CT molecular complexity index is 881. The van der Waals surface area contributed by atoms with Crippen LogP contribution in [0, 0.1) is 18.6 Å². The summed E-state index contributed by atoms with van der Waals surface area (Å²) in [5.74, 6) is -2.99. The van der Waals surface area contributed by atoms with Gasteiger partial charge in [-0.3, -0.25) is 4.31 Å². The van der Waals surface area contributed by atoms with Crippen molar-refractivity contribution in [3.8, 4) is 0 Å². The molecule has 0 radical (unpaired) electrons. The molecule has 5 nitrogen and oxygen atoms in total. The van der Waals surface area contributed by atoms with Gasteiger partial charge in [-0.25, -0.2) is 22.0 Å². The SMILES string of the molecule is Cc1ccc(S(=O)(=O)N(C)c2cc(F)ccc2F)cc1C(=O)O. The molecule has 2 aromatic carbocycles. The quantitative estimate of drug-likeness (QED) is 0.928. The molecule has 0 aliphatic rings. The van der Waals surface area contributed by atoms with Crippen LogP contribution in [0.4, 0.5) is 14.5 Å². The first-order chi connectivity index (χ1) is 10.6. The van der Waals surface area contributed by atoms with Crippen molar-refractivity contribution in [1.29, 1.82) is 0 Å². The minimum Gasteiger partial charge on any atom is -0.478 e. The highest BCUT2D eigenvalue weighted by Gasteiger charge is 2.25. The maximum atomic E-state index is 13.8. The van der Waals surface area contributed by atoms with Crippen LogP contribution in [0.1, 0.15) is 15.9 Å². The van der Waals surface area contributed by atoms with E-state index in [4.69, 9.17) is 5.11 Å². The fraction of sp³-hybridized carbons (Fsp3) is 0.133. The van der Waals surface area contributed by atoms with Gasteiger partial charge in [-0.1, -0.05) is 6.07 Å². The average Bonchev–Trinajstić information content (AvgIpc) is 2.48. The standard InChI is InChI=1S/C15H13F2NO4S/c1-9-3-5-11(8-12(9)15(19)20)23(21,22)18(2)14-7-10(16)4-6-13(14)17/h3-8H,1-2H3,(H,19,20). The molecule has 23 heavy (non-hydrogen) atoms. The maximum Gasteiger partial charge on any atom is 0.335 e. The molecule has 122 valence electrons. The van der Waals surface area contributed by atoms with Gasteiger partial charge in [0.1, 0.15) is 11.6 Å². The Morgan fingerprint density at radius 2 is 1.78 bits per heavy atom. The van der Waals surface area contributed by atoms with E-state index in [-0.39, 0.29) is 10.5 Å². The molecule has 0 heterocycles. The second kappa shape index (κ2) is 5.96. The summed E-state index contributed by atoms with van der Waals surface area (Å²) >= 11 is 0. The second-order valence-electron chi connectivity index (χ2n) is 4.85. The summed E-state index contributed by atoms with van der Waals surface area (Å²) in [6, 6.07) is 5.97. The van der Waals surface area contributed by atoms with Crippen molar-refractivity contribution >= 4 is 21.7 Å². The minimum absolute atomic E-state index is 0.181. The number of aryl methyl sites for hydroxylation is 1. The lowest BCUT2D eigenvalue weighted by Crippen LogP contribution is -2.27. The molecule has 0 bridgehead atoms. The Labute approximate surface area is 131 Å². The highest BCUT2D eigenvalue weighted by molar-refractivity contribution is 7.92. The molecule has 0 spiro atoms. The highest BCUT2D eigenvalue weighted by atomic mass is 32.2. The number of hydrogen-bond donors (Lipinski definition) is 1. The molecule has 0 aliphatic carbocycles. The van der Waals surface area contributed by atoms with E-state index in [2.05, 4.69) is 0 Å². The van der Waals surface area contributed by atoms with E-state index >= 15 is 0 Å². The number of hydrogen-bond acceptors (Lipinski definition) is 3. The first kappa shape index (κ1) is 16.9. The Balaban J connectivity index is 2.56. The molecule has 2 rings (SSSR count). The van der Waals surface area contributed by atoms with Gasteiger partial charge < -0.3 is 5.11 Å². The number of rotatable bonds is 4. The van der Waals surface area contributed by atoms with E-state index in [1.807, 2.05) is 0 Å². The van der Waals surface area contributed by atoms with Crippen molar-refractivity contribution in [2.24, 2.45) is 0 Å². The van der Waals surface area contributed by atoms with Crippen LogP contribution in [-0.2, 0) is 10.0 Å². The minimum atomic E-state index is -4.24. The monoisotopic (exact) mass is 341 g/mol. The molecule has 2 aromatic rings. The second-order valence-corrected chi connectivity index (χ2v) is 6.82. The molecule has 0 aliphatic heterocycles. The summed E-state index contributed by atoms with van der Waals surface area (Å²) in [5.41, 5.74) is -0.266. The number of nitrogens with zero attached hydrogens (tertiary/aromatic N) is 1. The topological polar surface area (TPSA) is 74.7 Å². The summed E-state index contributed by atoms with van der Waals surface area (Å²) < 4.78 is 52.6. The van der Waals surface area contributed by atoms with Gasteiger partial charge in [0.25, 0.3) is 10.0 Å². The lowest BCUT2D eigenvalue weighted by Gasteiger charge is -2.20. The van der Waals surface area contributed by atoms with Gasteiger partial charge in [-0.05, 0) is 36.8 Å². The van der Waals surface area contributed by atoms with Gasteiger partial charge in [-0.2, -0.15) is 0 Å². The van der Waals surface area contributed by atoms with E-state index in [1.54, 1.807) is 0 Å². The maximum absolute atomic E-state index is 13.8. The van der Waals surface area contributed by atoms with E-state index in [0.29, 0.717) is 9.87 Å². The van der Waals surface area contributed by atoms with Gasteiger partial charge in [-0.15, -0.1) is 0 Å². The van der Waals surface area contributed by atoms with Crippen LogP contribution < -0.4 is 4.31 Å². The summed E-state index contributed by atoms with van der Waals surface area (Å²) in [6.45, 7) is 1.52. The number of anilines is 1. The molecule has 0 amide bonds. The Hall–Kier alpha value is -2.48. The normalized spacial score (nSPS) is 11.3. The predicted molar refractivity (Wildman–Crippen MR) is 80.1 cm³/mol. The van der Waals surface area contributed by atoms with Crippen LogP contribution in [0.5, 0.6) is 0 Å². The Morgan fingerprint density at radius 3 is 2.39 bits per heavy atom. The van der Waals surface area contributed by atoms with Gasteiger partial charge >= 0.3 is 5.97 Å². The Kier molecular flexibility index (Phi) is 4.37. The van der Waals surface area contributed by atoms with Crippen LogP contribution in [0.25, 0.3) is 0 Å². The third kappa shape index (κ3) is 3.16. The zero-order chi connectivity index (χ0) is 17.4. The zero-order valence-electron chi connectivity index (χ0n) is 12.2. The van der Waals surface area contributed by atoms with Crippen LogP contribution in [0.3, 0.4) is 0 Å². The molecule has 0 aromatic heterocycles. The fourth-order valence-corrected chi connectivity index (χ4v) is 3.23. The smallest absolute Gasteiger partial charge is 0.335 e. The van der Waals surface area contributed by atoms with Gasteiger partial charge in [0.2, 0.25) is 0 Å². The molecule has 0 atom stereocenters. The summed E-state index contributed by atoms with van der Waals surface area (Å²) in [7, 11) is -3.18. The molecule has 0 saturated carbocycles. The zero-order valence-corrected chi connectivity index (χ0v) is 13.1. The number of carbonyl (C=O) groups is 1. The number of benzene rings is 2. The van der Waals surface area contributed by atoms with E-state index < -0.39 is 33.3 Å². The van der Waals surface area contributed by atoms with E-state index in [9.17, 15) is 22.0 Å². The number of carboxylic acid groups (broad SMARTS) is 1. The third-order valence-corrected chi connectivity index (χ3v) is 5.11. The number of halogens is 2. The van der Waals surface area contributed by atoms with Gasteiger partial charge in [0.15, 0.2) is 0 Å². The van der Waals surface area contributed by atoms with Crippen molar-refractivity contribution < 1.29 is 27.1 Å². The number of carboxylic acids is 1. The molecular formula is C15H13F2NO4S. The number of sulfonamides is 1. The lowest BCUT2D eigenvalue weighted by molar-refractivity contribution is 0.0696. The van der Waals surface area contributed by atoms with Crippen molar-refractivity contribution in [1.82, 2.24) is 0 Å². The molecule has 8 heteroatoms. The summed E-state index contributed by atoms with van der Waals surface area (Å²) in [6.07, 6.45) is 0. The predicted octanol–water partition coefficient (Wildman–Crippen LogP) is 2.80. The molecule has 0 saturated heterocycles. The van der Waals surface area contributed by atoms with Crippen LogP contribution in [-0.4, -0.2) is 26.5 Å². The van der Waals surface area contributed by atoms with E-state index in [1.165, 1.54) is 19.1 Å².